The predicted molar refractivity (Wildman–Crippen MR) is 149 cm³/mol. The van der Waals surface area contributed by atoms with Gasteiger partial charge in [0.25, 0.3) is 11.6 Å². The third-order valence-electron chi connectivity index (χ3n) is 6.26. The first kappa shape index (κ1) is 25.3. The molecule has 0 bridgehead atoms. The molecule has 1 aromatic heterocycles. The Morgan fingerprint density at radius 2 is 1.84 bits per heavy atom. The van der Waals surface area contributed by atoms with E-state index in [2.05, 4.69) is 21.2 Å². The van der Waals surface area contributed by atoms with E-state index in [1.54, 1.807) is 30.3 Å². The Kier molecular flexibility index (Phi) is 7.28. The van der Waals surface area contributed by atoms with Gasteiger partial charge in [0, 0.05) is 27.7 Å². The number of hydrogen-bond donors (Lipinski definition) is 1. The van der Waals surface area contributed by atoms with Gasteiger partial charge in [-0.3, -0.25) is 14.9 Å². The number of nitrogens with zero attached hydrogens (tertiary/aromatic N) is 2. The standard InChI is InChI=1S/C29H22BrN3O5/c30-20-6-4-7-21(16-20)31-26(34)17-38-29(35)27-23-8-1-2-10-25(23)32-28-19(5-3-9-24(27)28)15-18-11-13-22(14-12-18)33(36)37/h1-2,4,6-8,10-16H,3,5,9,17H2,(H,31,34)/b19-15+. The topological polar surface area (TPSA) is 111 Å². The van der Waals surface area contributed by atoms with E-state index in [9.17, 15) is 19.7 Å². The number of amides is 1. The highest BCUT2D eigenvalue weighted by molar-refractivity contribution is 9.10. The van der Waals surface area contributed by atoms with Gasteiger partial charge in [-0.1, -0.05) is 40.2 Å². The number of nitrogens with one attached hydrogen (secondary N) is 1. The number of carbonyl (C=O) groups excluding carboxylic acids is 2. The van der Waals surface area contributed by atoms with E-state index in [-0.39, 0.29) is 5.69 Å². The molecule has 38 heavy (non-hydrogen) atoms. The van der Waals surface area contributed by atoms with E-state index < -0.39 is 23.4 Å². The van der Waals surface area contributed by atoms with Crippen molar-refractivity contribution in [3.63, 3.8) is 0 Å². The lowest BCUT2D eigenvalue weighted by molar-refractivity contribution is -0.384. The molecule has 1 heterocycles. The molecule has 0 aliphatic heterocycles. The van der Waals surface area contributed by atoms with Gasteiger partial charge in [0.05, 0.1) is 21.7 Å². The molecule has 0 radical (unpaired) electrons. The lowest BCUT2D eigenvalue weighted by Gasteiger charge is -2.22. The summed E-state index contributed by atoms with van der Waals surface area (Å²) in [6.45, 7) is -0.428. The number of halogens is 1. The normalized spacial score (nSPS) is 13.7. The lowest BCUT2D eigenvalue weighted by Crippen LogP contribution is -2.22. The number of non-ortho nitro benzene ring substituents is 1. The highest BCUT2D eigenvalue weighted by atomic mass is 79.9. The number of benzene rings is 3. The minimum atomic E-state index is -0.583. The van der Waals surface area contributed by atoms with Crippen molar-refractivity contribution >= 4 is 61.7 Å². The van der Waals surface area contributed by atoms with Crippen LogP contribution >= 0.6 is 15.9 Å². The summed E-state index contributed by atoms with van der Waals surface area (Å²) in [6, 6.07) is 20.8. The number of para-hydroxylation sites is 1. The number of rotatable bonds is 6. The summed E-state index contributed by atoms with van der Waals surface area (Å²) in [6.07, 6.45) is 4.14. The smallest absolute Gasteiger partial charge is 0.339 e. The second kappa shape index (κ2) is 10.9. The molecule has 0 atom stereocenters. The molecule has 190 valence electrons. The Morgan fingerprint density at radius 3 is 2.61 bits per heavy atom. The number of allylic oxidation sites excluding steroid dienone is 1. The van der Waals surface area contributed by atoms with E-state index in [0.717, 1.165) is 34.0 Å². The van der Waals surface area contributed by atoms with Gasteiger partial charge in [0.1, 0.15) is 0 Å². The van der Waals surface area contributed by atoms with Gasteiger partial charge in [-0.05, 0) is 78.4 Å². The summed E-state index contributed by atoms with van der Waals surface area (Å²) in [7, 11) is 0. The Hall–Kier alpha value is -4.37. The zero-order valence-corrected chi connectivity index (χ0v) is 21.7. The Bertz CT molecular complexity index is 1600. The van der Waals surface area contributed by atoms with E-state index in [1.165, 1.54) is 12.1 Å². The first-order valence-electron chi connectivity index (χ1n) is 12.0. The Balaban J connectivity index is 1.45. The van der Waals surface area contributed by atoms with Gasteiger partial charge in [-0.15, -0.1) is 0 Å². The number of aromatic nitrogens is 1. The van der Waals surface area contributed by atoms with Crippen LogP contribution in [0.1, 0.15) is 40.0 Å². The molecule has 0 fully saturated rings. The molecule has 0 unspecified atom stereocenters. The fourth-order valence-corrected chi connectivity index (χ4v) is 4.97. The summed E-state index contributed by atoms with van der Waals surface area (Å²) >= 11 is 3.36. The highest BCUT2D eigenvalue weighted by Gasteiger charge is 2.26. The van der Waals surface area contributed by atoms with Crippen LogP contribution < -0.4 is 5.32 Å². The number of pyridine rings is 1. The van der Waals surface area contributed by atoms with Gasteiger partial charge >= 0.3 is 5.97 Å². The molecule has 4 aromatic rings. The summed E-state index contributed by atoms with van der Waals surface area (Å²) < 4.78 is 6.30. The molecular formula is C29H22BrN3O5. The molecule has 9 heteroatoms. The summed E-state index contributed by atoms with van der Waals surface area (Å²) in [5, 5.41) is 14.4. The molecule has 0 spiro atoms. The zero-order valence-electron chi connectivity index (χ0n) is 20.1. The quantitative estimate of drug-likeness (QED) is 0.159. The molecule has 8 nitrogen and oxygen atoms in total. The van der Waals surface area contributed by atoms with E-state index >= 15 is 0 Å². The molecule has 3 aromatic carbocycles. The fourth-order valence-electron chi connectivity index (χ4n) is 4.57. The van der Waals surface area contributed by atoms with Crippen LogP contribution in [0.15, 0.2) is 77.3 Å². The summed E-state index contributed by atoms with van der Waals surface area (Å²) in [5.74, 6) is -1.02. The van der Waals surface area contributed by atoms with Crippen molar-refractivity contribution < 1.29 is 19.2 Å². The third kappa shape index (κ3) is 5.47. The minimum absolute atomic E-state index is 0.0225. The number of hydrogen-bond acceptors (Lipinski definition) is 6. The second-order valence-corrected chi connectivity index (χ2v) is 9.75. The molecule has 0 saturated carbocycles. The van der Waals surface area contributed by atoms with Crippen molar-refractivity contribution in [1.82, 2.24) is 4.98 Å². The van der Waals surface area contributed by atoms with Crippen molar-refractivity contribution in [3.05, 3.63) is 110 Å². The van der Waals surface area contributed by atoms with Gasteiger partial charge in [0.15, 0.2) is 6.61 Å². The number of esters is 1. The first-order chi connectivity index (χ1) is 18.4. The van der Waals surface area contributed by atoms with Crippen LogP contribution in [0.25, 0.3) is 22.6 Å². The largest absolute Gasteiger partial charge is 0.452 e. The number of carbonyl (C=O) groups is 2. The van der Waals surface area contributed by atoms with Gasteiger partial charge in [-0.2, -0.15) is 0 Å². The summed E-state index contributed by atoms with van der Waals surface area (Å²) in [5.41, 5.74) is 4.90. The van der Waals surface area contributed by atoms with Gasteiger partial charge in [0.2, 0.25) is 0 Å². The fraction of sp³-hybridized carbons (Fsp3) is 0.138. The van der Waals surface area contributed by atoms with Crippen LogP contribution in [-0.2, 0) is 16.0 Å². The third-order valence-corrected chi connectivity index (χ3v) is 6.76. The molecule has 1 aliphatic carbocycles. The molecule has 0 saturated heterocycles. The van der Waals surface area contributed by atoms with Crippen molar-refractivity contribution in [2.24, 2.45) is 0 Å². The zero-order chi connectivity index (χ0) is 26.6. The van der Waals surface area contributed by atoms with Crippen LogP contribution in [0.2, 0.25) is 0 Å². The summed E-state index contributed by atoms with van der Waals surface area (Å²) in [4.78, 5) is 41.3. The molecule has 1 N–H and O–H groups in total. The predicted octanol–water partition coefficient (Wildman–Crippen LogP) is 6.58. The van der Waals surface area contributed by atoms with Crippen molar-refractivity contribution in [2.45, 2.75) is 19.3 Å². The van der Waals surface area contributed by atoms with Crippen LogP contribution in [0.5, 0.6) is 0 Å². The van der Waals surface area contributed by atoms with E-state index in [1.807, 2.05) is 36.4 Å². The number of nitro groups is 1. The maximum atomic E-state index is 13.4. The van der Waals surface area contributed by atoms with E-state index in [0.29, 0.717) is 34.3 Å². The molecular weight excluding hydrogens is 550 g/mol. The number of fused-ring (bicyclic) bond motifs is 2. The van der Waals surface area contributed by atoms with Crippen LogP contribution in [0.4, 0.5) is 11.4 Å². The minimum Gasteiger partial charge on any atom is -0.452 e. The van der Waals surface area contributed by atoms with Crippen LogP contribution in [0.3, 0.4) is 0 Å². The average Bonchev–Trinajstić information content (AvgIpc) is 2.91. The van der Waals surface area contributed by atoms with Crippen molar-refractivity contribution in [1.29, 1.82) is 0 Å². The van der Waals surface area contributed by atoms with Crippen LogP contribution in [0, 0.1) is 10.1 Å². The lowest BCUT2D eigenvalue weighted by atomic mass is 9.86. The van der Waals surface area contributed by atoms with Gasteiger partial charge < -0.3 is 10.1 Å². The first-order valence-corrected chi connectivity index (χ1v) is 12.8. The van der Waals surface area contributed by atoms with Gasteiger partial charge in [-0.25, -0.2) is 9.78 Å². The monoisotopic (exact) mass is 571 g/mol. The van der Waals surface area contributed by atoms with E-state index in [4.69, 9.17) is 9.72 Å². The Morgan fingerprint density at radius 1 is 1.05 bits per heavy atom. The van der Waals surface area contributed by atoms with Crippen molar-refractivity contribution in [3.8, 4) is 0 Å². The molecule has 5 rings (SSSR count). The maximum absolute atomic E-state index is 13.4. The SMILES string of the molecule is O=C(COC(=O)c1c2c(nc3ccccc13)/C(=C/c1ccc([N+](=O)[O-])cc1)CCC2)Nc1cccc(Br)c1. The number of ether oxygens (including phenoxy) is 1. The second-order valence-electron chi connectivity index (χ2n) is 8.84. The highest BCUT2D eigenvalue weighted by Crippen LogP contribution is 2.36. The number of anilines is 1. The Labute approximate surface area is 226 Å². The van der Waals surface area contributed by atoms with Crippen LogP contribution in [-0.4, -0.2) is 28.4 Å². The number of nitro benzene ring substituents is 1. The average molecular weight is 572 g/mol. The van der Waals surface area contributed by atoms with Crippen molar-refractivity contribution in [2.75, 3.05) is 11.9 Å². The molecule has 1 amide bonds. The molecule has 1 aliphatic rings. The maximum Gasteiger partial charge on any atom is 0.339 e.